The van der Waals surface area contributed by atoms with Gasteiger partial charge in [0.25, 0.3) is 0 Å². The van der Waals surface area contributed by atoms with Crippen LogP contribution in [0.25, 0.3) is 0 Å². The predicted molar refractivity (Wildman–Crippen MR) is 175 cm³/mol. The lowest BCUT2D eigenvalue weighted by Gasteiger charge is -2.45. The lowest BCUT2D eigenvalue weighted by Crippen LogP contribution is -2.61. The monoisotopic (exact) mass is 630 g/mol. The highest BCUT2D eigenvalue weighted by Gasteiger charge is 2.48. The van der Waals surface area contributed by atoms with Crippen molar-refractivity contribution in [3.8, 4) is 0 Å². The molecular formula is C37H42O9. The third kappa shape index (κ3) is 12.2. The van der Waals surface area contributed by atoms with Gasteiger partial charge in [-0.25, -0.2) is 0 Å². The van der Waals surface area contributed by atoms with Gasteiger partial charge in [0.15, 0.2) is 12.6 Å². The molecule has 3 aromatic carbocycles. The van der Waals surface area contributed by atoms with E-state index in [9.17, 15) is 29.7 Å². The molecule has 0 saturated carbocycles. The van der Waals surface area contributed by atoms with E-state index in [4.69, 9.17) is 14.2 Å². The molecular weight excluding hydrogens is 588 g/mol. The van der Waals surface area contributed by atoms with Crippen LogP contribution in [-0.4, -0.2) is 71.5 Å². The van der Waals surface area contributed by atoms with Gasteiger partial charge in [0, 0.05) is 22.3 Å². The first-order valence-electron chi connectivity index (χ1n) is 14.5. The van der Waals surface area contributed by atoms with Gasteiger partial charge in [-0.15, -0.1) is 0 Å². The molecule has 2 heterocycles. The van der Waals surface area contributed by atoms with Gasteiger partial charge in [-0.2, -0.15) is 0 Å². The summed E-state index contributed by atoms with van der Waals surface area (Å²) in [6, 6.07) is 24.3. The van der Waals surface area contributed by atoms with Crippen molar-refractivity contribution in [1.29, 1.82) is 0 Å². The van der Waals surface area contributed by atoms with Crippen LogP contribution in [-0.2, 0) is 19.0 Å². The largest absolute Gasteiger partial charge is 0.387 e. The number of fused-ring (bicyclic) bond motifs is 1. The van der Waals surface area contributed by atoms with Gasteiger partial charge >= 0.3 is 0 Å². The zero-order chi connectivity index (χ0) is 34.1. The second kappa shape index (κ2) is 19.9. The number of aliphatic hydroxyl groups excluding tert-OH is 3. The third-order valence-electron chi connectivity index (χ3n) is 6.83. The summed E-state index contributed by atoms with van der Waals surface area (Å²) in [6.45, 7) is 13.0. The quantitative estimate of drug-likeness (QED) is 0.194. The van der Waals surface area contributed by atoms with E-state index in [1.807, 2.05) is 93.6 Å². The van der Waals surface area contributed by atoms with Crippen LogP contribution >= 0.6 is 0 Å². The fourth-order valence-corrected chi connectivity index (χ4v) is 4.14. The maximum atomic E-state index is 10.2. The Hall–Kier alpha value is -4.35. The van der Waals surface area contributed by atoms with Crippen LogP contribution < -0.4 is 0 Å². The molecule has 0 spiro atoms. The molecule has 6 unspecified atom stereocenters. The topological polar surface area (TPSA) is 140 Å². The van der Waals surface area contributed by atoms with Gasteiger partial charge in [-0.05, 0) is 32.4 Å². The van der Waals surface area contributed by atoms with Crippen molar-refractivity contribution in [3.63, 3.8) is 0 Å². The molecule has 2 saturated heterocycles. The highest BCUT2D eigenvalue weighted by atomic mass is 16.7. The molecule has 0 bridgehead atoms. The Kier molecular flexibility index (Phi) is 16.4. The van der Waals surface area contributed by atoms with Gasteiger partial charge in [-0.3, -0.25) is 14.4 Å². The van der Waals surface area contributed by atoms with E-state index in [0.717, 1.165) is 46.7 Å². The Morgan fingerprint density at radius 1 is 0.804 bits per heavy atom. The number of ether oxygens (including phenoxy) is 3. The first kappa shape index (κ1) is 37.8. The van der Waals surface area contributed by atoms with Crippen LogP contribution in [0.2, 0.25) is 0 Å². The van der Waals surface area contributed by atoms with Gasteiger partial charge in [-0.1, -0.05) is 109 Å². The van der Waals surface area contributed by atoms with Gasteiger partial charge in [0.2, 0.25) is 0 Å². The Bertz CT molecular complexity index is 1430. The number of carbonyl (C=O) groups is 3. The second-order valence-corrected chi connectivity index (χ2v) is 10.5. The maximum Gasteiger partial charge on any atom is 0.184 e. The standard InChI is InChI=1S/C13H16O6.2C8H8O.C8H10O/c14-9-10(15)12(16)18-8-6-17-13(19-11(8)9)7-4-2-1-3-5-7;1-7-2-4-8(6-9)5-3-7;1-7-3-2-4-8(5-7)6-9;1-4-5-7(2)8(3)6-9/h1-5,8-16H,6H2;2*2-6H,1H3;4-6H,1,3H2,2H3/b;;;7-5-. The maximum absolute atomic E-state index is 10.2. The Morgan fingerprint density at radius 3 is 2.00 bits per heavy atom. The SMILES string of the molecule is C=C/C=C(/C)C(=C)C=O.Cc1ccc(C=O)cc1.Cc1cccc(C=O)c1.OC1OC2COC(c3ccccc3)OC2C(O)C1O. The molecule has 9 nitrogen and oxygen atoms in total. The molecule has 3 aromatic rings. The number of allylic oxidation sites excluding steroid dienone is 4. The summed E-state index contributed by atoms with van der Waals surface area (Å²) < 4.78 is 16.3. The number of rotatable bonds is 6. The molecule has 5 rings (SSSR count). The molecule has 46 heavy (non-hydrogen) atoms. The van der Waals surface area contributed by atoms with Crippen molar-refractivity contribution in [2.45, 2.75) is 57.8 Å². The van der Waals surface area contributed by atoms with Crippen molar-refractivity contribution in [2.75, 3.05) is 6.61 Å². The van der Waals surface area contributed by atoms with Gasteiger partial charge in [0.1, 0.15) is 43.3 Å². The number of aryl methyl sites for hydroxylation is 2. The Labute approximate surface area is 270 Å². The summed E-state index contributed by atoms with van der Waals surface area (Å²) in [5.74, 6) is 0. The van der Waals surface area contributed by atoms with Crippen molar-refractivity contribution in [2.24, 2.45) is 0 Å². The lowest BCUT2D eigenvalue weighted by molar-refractivity contribution is -0.354. The molecule has 0 amide bonds. The molecule has 3 N–H and O–H groups in total. The molecule has 2 aliphatic heterocycles. The van der Waals surface area contributed by atoms with Crippen LogP contribution in [0, 0.1) is 13.8 Å². The molecule has 0 aliphatic carbocycles. The summed E-state index contributed by atoms with van der Waals surface area (Å²) in [4.78, 5) is 30.3. The summed E-state index contributed by atoms with van der Waals surface area (Å²) >= 11 is 0. The summed E-state index contributed by atoms with van der Waals surface area (Å²) in [5, 5.41) is 29.0. The molecule has 0 aromatic heterocycles. The van der Waals surface area contributed by atoms with Crippen molar-refractivity contribution in [1.82, 2.24) is 0 Å². The minimum absolute atomic E-state index is 0.186. The minimum atomic E-state index is -1.42. The molecule has 244 valence electrons. The van der Waals surface area contributed by atoms with E-state index < -0.39 is 37.0 Å². The fourth-order valence-electron chi connectivity index (χ4n) is 4.14. The smallest absolute Gasteiger partial charge is 0.184 e. The molecule has 6 atom stereocenters. The fraction of sp³-hybridized carbons (Fsp3) is 0.270. The molecule has 2 aliphatic rings. The number of hydrogen-bond acceptors (Lipinski definition) is 9. The van der Waals surface area contributed by atoms with Gasteiger partial charge < -0.3 is 29.5 Å². The van der Waals surface area contributed by atoms with E-state index in [1.165, 1.54) is 5.56 Å². The normalized spacial score (nSPS) is 23.2. The van der Waals surface area contributed by atoms with Crippen LogP contribution in [0.5, 0.6) is 0 Å². The van der Waals surface area contributed by atoms with Crippen molar-refractivity contribution >= 4 is 18.9 Å². The summed E-state index contributed by atoms with van der Waals surface area (Å²) in [6.07, 6.45) is -0.118. The van der Waals surface area contributed by atoms with Crippen LogP contribution in [0.4, 0.5) is 0 Å². The molecule has 2 fully saturated rings. The van der Waals surface area contributed by atoms with E-state index >= 15 is 0 Å². The summed E-state index contributed by atoms with van der Waals surface area (Å²) in [7, 11) is 0. The third-order valence-corrected chi connectivity index (χ3v) is 6.83. The zero-order valence-electron chi connectivity index (χ0n) is 26.3. The highest BCUT2D eigenvalue weighted by molar-refractivity contribution is 5.78. The number of carbonyl (C=O) groups excluding carboxylic acids is 3. The first-order valence-corrected chi connectivity index (χ1v) is 14.5. The average molecular weight is 631 g/mol. The van der Waals surface area contributed by atoms with Crippen molar-refractivity contribution in [3.05, 3.63) is 143 Å². The van der Waals surface area contributed by atoms with E-state index in [0.29, 0.717) is 5.57 Å². The van der Waals surface area contributed by atoms with Crippen LogP contribution in [0.3, 0.4) is 0 Å². The number of aliphatic hydroxyl groups is 3. The lowest BCUT2D eigenvalue weighted by atomic mass is 9.98. The number of hydrogen-bond donors (Lipinski definition) is 3. The Morgan fingerprint density at radius 2 is 1.46 bits per heavy atom. The molecule has 0 radical (unpaired) electrons. The van der Waals surface area contributed by atoms with Crippen LogP contribution in [0.15, 0.2) is 115 Å². The predicted octanol–water partition coefficient (Wildman–Crippen LogP) is 5.03. The summed E-state index contributed by atoms with van der Waals surface area (Å²) in [5.41, 5.74) is 5.99. The highest BCUT2D eigenvalue weighted by Crippen LogP contribution is 2.33. The number of benzene rings is 3. The van der Waals surface area contributed by atoms with E-state index in [-0.39, 0.29) is 6.61 Å². The van der Waals surface area contributed by atoms with Gasteiger partial charge in [0.05, 0.1) is 6.61 Å². The van der Waals surface area contributed by atoms with E-state index in [2.05, 4.69) is 13.2 Å². The zero-order valence-corrected chi connectivity index (χ0v) is 26.3. The Balaban J connectivity index is 0.000000232. The van der Waals surface area contributed by atoms with Crippen molar-refractivity contribution < 1.29 is 43.9 Å². The average Bonchev–Trinajstić information content (AvgIpc) is 3.08. The second-order valence-electron chi connectivity index (χ2n) is 10.5. The van der Waals surface area contributed by atoms with Crippen LogP contribution in [0.1, 0.15) is 50.6 Å². The number of aldehydes is 3. The first-order chi connectivity index (χ1) is 22.0. The molecule has 9 heteroatoms. The minimum Gasteiger partial charge on any atom is -0.387 e. The van der Waals surface area contributed by atoms with E-state index in [1.54, 1.807) is 18.2 Å².